The summed E-state index contributed by atoms with van der Waals surface area (Å²) < 4.78 is 13.0. The summed E-state index contributed by atoms with van der Waals surface area (Å²) in [5, 5.41) is 3.24. The fourth-order valence-electron chi connectivity index (χ4n) is 2.65. The summed E-state index contributed by atoms with van der Waals surface area (Å²) in [7, 11) is 0. The maximum absolute atomic E-state index is 13.0. The molecule has 4 nitrogen and oxygen atoms in total. The van der Waals surface area contributed by atoms with E-state index in [0.29, 0.717) is 0 Å². The Morgan fingerprint density at radius 3 is 2.56 bits per heavy atom. The zero-order valence-corrected chi connectivity index (χ0v) is 9.90. The summed E-state index contributed by atoms with van der Waals surface area (Å²) >= 11 is 0. The lowest BCUT2D eigenvalue weighted by atomic mass is 9.86. The highest BCUT2D eigenvalue weighted by molar-refractivity contribution is 6.08. The maximum atomic E-state index is 13.0. The van der Waals surface area contributed by atoms with Crippen LogP contribution in [-0.2, 0) is 4.79 Å². The summed E-state index contributed by atoms with van der Waals surface area (Å²) in [5.41, 5.74) is 0.246. The molecule has 0 unspecified atom stereocenters. The topological polar surface area (TPSA) is 44.7 Å². The van der Waals surface area contributed by atoms with Crippen LogP contribution >= 0.6 is 0 Å². The quantitative estimate of drug-likeness (QED) is 0.814. The van der Waals surface area contributed by atoms with Gasteiger partial charge in [-0.15, -0.1) is 0 Å². The molecule has 0 aliphatic carbocycles. The lowest BCUT2D eigenvalue weighted by Gasteiger charge is -2.39. The summed E-state index contributed by atoms with van der Waals surface area (Å²) in [4.78, 5) is 17.9. The second-order valence-electron chi connectivity index (χ2n) is 4.68. The Kier molecular flexibility index (Phi) is 2.63. The van der Waals surface area contributed by atoms with E-state index in [1.54, 1.807) is 18.5 Å². The van der Waals surface area contributed by atoms with Gasteiger partial charge >= 0.3 is 0 Å². The second-order valence-corrected chi connectivity index (χ2v) is 4.68. The number of aliphatic imine (C=N–C) groups is 1. The third kappa shape index (κ3) is 1.62. The van der Waals surface area contributed by atoms with E-state index >= 15 is 0 Å². The minimum atomic E-state index is -0.566. The van der Waals surface area contributed by atoms with Crippen molar-refractivity contribution < 1.29 is 9.18 Å². The largest absolute Gasteiger partial charge is 0.317 e. The van der Waals surface area contributed by atoms with Gasteiger partial charge in [-0.05, 0) is 50.2 Å². The van der Waals surface area contributed by atoms with Gasteiger partial charge in [0.2, 0.25) is 0 Å². The van der Waals surface area contributed by atoms with E-state index in [2.05, 4.69) is 10.3 Å². The van der Waals surface area contributed by atoms with E-state index in [-0.39, 0.29) is 11.7 Å². The van der Waals surface area contributed by atoms with Crippen LogP contribution in [0.3, 0.4) is 0 Å². The van der Waals surface area contributed by atoms with Gasteiger partial charge in [0.1, 0.15) is 11.4 Å². The summed E-state index contributed by atoms with van der Waals surface area (Å²) in [6.07, 6.45) is 3.02. The van der Waals surface area contributed by atoms with Crippen molar-refractivity contribution in [2.75, 3.05) is 18.0 Å². The Bertz CT molecular complexity index is 491. The monoisotopic (exact) mass is 247 g/mol. The summed E-state index contributed by atoms with van der Waals surface area (Å²) in [5.74, 6) is -0.367. The molecule has 5 heteroatoms. The molecule has 1 aromatic carbocycles. The van der Waals surface area contributed by atoms with Gasteiger partial charge in [-0.25, -0.2) is 9.38 Å². The zero-order chi connectivity index (χ0) is 12.6. The molecule has 0 radical (unpaired) electrons. The van der Waals surface area contributed by atoms with Crippen LogP contribution in [0.25, 0.3) is 0 Å². The van der Waals surface area contributed by atoms with Crippen LogP contribution in [0.5, 0.6) is 0 Å². The number of hydrogen-bond donors (Lipinski definition) is 1. The zero-order valence-electron chi connectivity index (χ0n) is 9.90. The van der Waals surface area contributed by atoms with E-state index in [1.807, 2.05) is 4.90 Å². The van der Waals surface area contributed by atoms with Gasteiger partial charge in [0.05, 0.1) is 6.34 Å². The molecule has 0 saturated carbocycles. The third-order valence-electron chi connectivity index (χ3n) is 3.69. The Labute approximate surface area is 105 Å². The van der Waals surface area contributed by atoms with Crippen LogP contribution in [0.4, 0.5) is 10.1 Å². The molecule has 0 atom stereocenters. The molecule has 1 saturated heterocycles. The van der Waals surface area contributed by atoms with E-state index in [9.17, 15) is 9.18 Å². The molecule has 2 aliphatic heterocycles. The number of nitrogens with zero attached hydrogens (tertiary/aromatic N) is 2. The third-order valence-corrected chi connectivity index (χ3v) is 3.69. The molecule has 1 aromatic rings. The van der Waals surface area contributed by atoms with Gasteiger partial charge in [0.15, 0.2) is 0 Å². The van der Waals surface area contributed by atoms with Crippen molar-refractivity contribution in [3.05, 3.63) is 30.1 Å². The van der Waals surface area contributed by atoms with Crippen LogP contribution in [0, 0.1) is 5.82 Å². The molecular weight excluding hydrogens is 233 g/mol. The molecule has 1 fully saturated rings. The molecule has 18 heavy (non-hydrogen) atoms. The Balaban J connectivity index is 1.97. The molecule has 94 valence electrons. The van der Waals surface area contributed by atoms with E-state index in [0.717, 1.165) is 31.6 Å². The molecule has 1 amide bonds. The molecule has 2 aliphatic rings. The van der Waals surface area contributed by atoms with Crippen LogP contribution in [-0.4, -0.2) is 30.9 Å². The molecule has 1 N–H and O–H groups in total. The lowest BCUT2D eigenvalue weighted by molar-refractivity contribution is -0.122. The van der Waals surface area contributed by atoms with Crippen molar-refractivity contribution in [3.8, 4) is 0 Å². The van der Waals surface area contributed by atoms with Crippen LogP contribution in [0.15, 0.2) is 29.3 Å². The molecule has 3 rings (SSSR count). The Morgan fingerprint density at radius 1 is 1.22 bits per heavy atom. The minimum absolute atomic E-state index is 0.0895. The molecule has 0 aromatic heterocycles. The first kappa shape index (κ1) is 11.3. The van der Waals surface area contributed by atoms with Gasteiger partial charge < -0.3 is 10.2 Å². The fourth-order valence-corrected chi connectivity index (χ4v) is 2.65. The number of carbonyl (C=O) groups is 1. The minimum Gasteiger partial charge on any atom is -0.317 e. The van der Waals surface area contributed by atoms with Crippen molar-refractivity contribution >= 4 is 17.9 Å². The molecule has 0 bridgehead atoms. The predicted octanol–water partition coefficient (Wildman–Crippen LogP) is 1.32. The molecule has 2 heterocycles. The Hall–Kier alpha value is -1.75. The average Bonchev–Trinajstić information content (AvgIpc) is 2.70. The maximum Gasteiger partial charge on any atom is 0.273 e. The van der Waals surface area contributed by atoms with Crippen LogP contribution in [0.1, 0.15) is 12.8 Å². The fraction of sp³-hybridized carbons (Fsp3) is 0.385. The summed E-state index contributed by atoms with van der Waals surface area (Å²) in [6.45, 7) is 1.60. The van der Waals surface area contributed by atoms with Gasteiger partial charge in [0.25, 0.3) is 5.91 Å². The molecular formula is C13H14FN3O. The number of benzene rings is 1. The van der Waals surface area contributed by atoms with Crippen molar-refractivity contribution in [1.82, 2.24) is 5.32 Å². The van der Waals surface area contributed by atoms with E-state index in [4.69, 9.17) is 0 Å². The number of halogens is 1. The van der Waals surface area contributed by atoms with E-state index in [1.165, 1.54) is 12.1 Å². The average molecular weight is 247 g/mol. The van der Waals surface area contributed by atoms with Crippen molar-refractivity contribution in [2.24, 2.45) is 4.99 Å². The first-order valence-electron chi connectivity index (χ1n) is 6.07. The number of carbonyl (C=O) groups excluding carboxylic acids is 1. The van der Waals surface area contributed by atoms with E-state index < -0.39 is 5.54 Å². The van der Waals surface area contributed by atoms with Crippen molar-refractivity contribution in [1.29, 1.82) is 0 Å². The van der Waals surface area contributed by atoms with Gasteiger partial charge in [-0.1, -0.05) is 0 Å². The van der Waals surface area contributed by atoms with Crippen molar-refractivity contribution in [3.63, 3.8) is 0 Å². The van der Waals surface area contributed by atoms with Gasteiger partial charge in [-0.2, -0.15) is 0 Å². The van der Waals surface area contributed by atoms with Gasteiger partial charge in [0, 0.05) is 5.69 Å². The van der Waals surface area contributed by atoms with Gasteiger partial charge in [-0.3, -0.25) is 4.79 Å². The van der Waals surface area contributed by atoms with Crippen LogP contribution < -0.4 is 10.2 Å². The number of piperidine rings is 1. The first-order chi connectivity index (χ1) is 8.72. The van der Waals surface area contributed by atoms with Crippen LogP contribution in [0.2, 0.25) is 0 Å². The number of amides is 1. The Morgan fingerprint density at radius 2 is 1.89 bits per heavy atom. The first-order valence-corrected chi connectivity index (χ1v) is 6.07. The number of anilines is 1. The van der Waals surface area contributed by atoms with Crippen molar-refractivity contribution in [2.45, 2.75) is 18.4 Å². The summed E-state index contributed by atoms with van der Waals surface area (Å²) in [6, 6.07) is 6.18. The lowest BCUT2D eigenvalue weighted by Crippen LogP contribution is -2.55. The SMILES string of the molecule is O=C1N=CN(c2ccc(F)cc2)C12CCNCC2. The number of rotatable bonds is 1. The highest BCUT2D eigenvalue weighted by Gasteiger charge is 2.47. The number of hydrogen-bond acceptors (Lipinski definition) is 3. The smallest absolute Gasteiger partial charge is 0.273 e. The highest BCUT2D eigenvalue weighted by atomic mass is 19.1. The predicted molar refractivity (Wildman–Crippen MR) is 67.2 cm³/mol. The standard InChI is InChI=1S/C13H14FN3O/c14-10-1-3-11(4-2-10)17-9-16-12(18)13(17)5-7-15-8-6-13/h1-4,9,15H,5-8H2. The normalized spacial score (nSPS) is 21.8. The highest BCUT2D eigenvalue weighted by Crippen LogP contribution is 2.34. The number of nitrogens with one attached hydrogen (secondary N) is 1. The molecule has 1 spiro atoms. The second kappa shape index (κ2) is 4.17.